The number of ether oxygens (including phenoxy) is 1. The predicted molar refractivity (Wildman–Crippen MR) is 134 cm³/mol. The van der Waals surface area contributed by atoms with Crippen LogP contribution in [0.1, 0.15) is 34.7 Å². The quantitative estimate of drug-likeness (QED) is 0.533. The Morgan fingerprint density at radius 3 is 2.91 bits per heavy atom. The summed E-state index contributed by atoms with van der Waals surface area (Å²) < 4.78 is 5.42. The van der Waals surface area contributed by atoms with Crippen LogP contribution in [0.5, 0.6) is 0 Å². The lowest BCUT2D eigenvalue weighted by Gasteiger charge is -2.27. The van der Waals surface area contributed by atoms with Crippen molar-refractivity contribution in [1.29, 1.82) is 0 Å². The molecule has 7 nitrogen and oxygen atoms in total. The zero-order valence-electron chi connectivity index (χ0n) is 18.5. The molecule has 0 radical (unpaired) electrons. The van der Waals surface area contributed by atoms with Crippen LogP contribution in [0.4, 0.5) is 5.69 Å². The number of aromatic nitrogens is 2. The molecule has 2 N–H and O–H groups in total. The van der Waals surface area contributed by atoms with Crippen molar-refractivity contribution in [2.24, 2.45) is 0 Å². The van der Waals surface area contributed by atoms with Gasteiger partial charge in [-0.05, 0) is 42.9 Å². The molecule has 0 saturated carbocycles. The van der Waals surface area contributed by atoms with Crippen LogP contribution in [-0.4, -0.2) is 52.8 Å². The molecular formula is C24H28N4O3S2. The number of nitrogens with zero attached hydrogens (tertiary/aromatic N) is 2. The summed E-state index contributed by atoms with van der Waals surface area (Å²) in [4.78, 5) is 37.4. The molecule has 1 aromatic carbocycles. The van der Waals surface area contributed by atoms with E-state index in [1.165, 1.54) is 28.6 Å². The first-order chi connectivity index (χ1) is 16.2. The van der Waals surface area contributed by atoms with Crippen molar-refractivity contribution in [3.8, 4) is 0 Å². The van der Waals surface area contributed by atoms with Gasteiger partial charge in [-0.3, -0.25) is 14.5 Å². The Kier molecular flexibility index (Phi) is 7.10. The van der Waals surface area contributed by atoms with Gasteiger partial charge in [0.2, 0.25) is 5.91 Å². The summed E-state index contributed by atoms with van der Waals surface area (Å²) in [5, 5.41) is 3.83. The molecule has 174 valence electrons. The number of H-pyrrole nitrogens is 1. The van der Waals surface area contributed by atoms with Crippen molar-refractivity contribution in [3.05, 3.63) is 56.4 Å². The van der Waals surface area contributed by atoms with Gasteiger partial charge in [0.1, 0.15) is 10.7 Å². The van der Waals surface area contributed by atoms with Crippen LogP contribution in [0.3, 0.4) is 0 Å². The van der Waals surface area contributed by atoms with Gasteiger partial charge in [0, 0.05) is 30.2 Å². The summed E-state index contributed by atoms with van der Waals surface area (Å²) in [6.45, 7) is 4.10. The van der Waals surface area contributed by atoms with E-state index in [1.54, 1.807) is 11.3 Å². The first kappa shape index (κ1) is 22.6. The third-order valence-electron chi connectivity index (χ3n) is 6.14. The minimum Gasteiger partial charge on any atom is -0.379 e. The molecule has 3 heterocycles. The molecule has 0 atom stereocenters. The smallest absolute Gasteiger partial charge is 0.259 e. The first-order valence-corrected chi connectivity index (χ1v) is 13.4. The lowest BCUT2D eigenvalue weighted by molar-refractivity contribution is -0.113. The Bertz CT molecular complexity index is 1200. The third-order valence-corrected chi connectivity index (χ3v) is 8.26. The van der Waals surface area contributed by atoms with Gasteiger partial charge in [-0.1, -0.05) is 18.2 Å². The number of aryl methyl sites for hydroxylation is 2. The highest BCUT2D eigenvalue weighted by atomic mass is 32.2. The topological polar surface area (TPSA) is 87.3 Å². The number of hydrogen-bond donors (Lipinski definition) is 2. The molecule has 1 aliphatic heterocycles. The van der Waals surface area contributed by atoms with E-state index in [4.69, 9.17) is 9.72 Å². The van der Waals surface area contributed by atoms with Gasteiger partial charge in [-0.25, -0.2) is 4.98 Å². The van der Waals surface area contributed by atoms with E-state index in [9.17, 15) is 9.59 Å². The standard InChI is InChI=1S/C24H28N4O3S2/c29-21(25-18-7-3-1-5-16(18)13-28-9-11-31-12-10-28)15-32-14-20-26-23(30)22-17-6-2-4-8-19(17)33-24(22)27-20/h1,3,5,7H,2,4,6,8-15H2,(H,25,29)(H,26,27,30). The number of nitrogens with one attached hydrogen (secondary N) is 2. The van der Waals surface area contributed by atoms with Crippen LogP contribution >= 0.6 is 23.1 Å². The monoisotopic (exact) mass is 484 g/mol. The van der Waals surface area contributed by atoms with E-state index in [0.717, 1.165) is 73.6 Å². The van der Waals surface area contributed by atoms with Crippen LogP contribution in [0, 0.1) is 0 Å². The summed E-state index contributed by atoms with van der Waals surface area (Å²) in [6, 6.07) is 7.95. The second kappa shape index (κ2) is 10.4. The molecule has 0 unspecified atom stereocenters. The molecule has 9 heteroatoms. The van der Waals surface area contributed by atoms with E-state index in [0.29, 0.717) is 17.3 Å². The number of benzene rings is 1. The van der Waals surface area contributed by atoms with E-state index in [2.05, 4.69) is 21.3 Å². The summed E-state index contributed by atoms with van der Waals surface area (Å²) >= 11 is 3.11. The highest BCUT2D eigenvalue weighted by molar-refractivity contribution is 7.99. The number of amides is 1. The number of anilines is 1. The van der Waals surface area contributed by atoms with Crippen LogP contribution in [0.2, 0.25) is 0 Å². The van der Waals surface area contributed by atoms with E-state index in [1.807, 2.05) is 18.2 Å². The van der Waals surface area contributed by atoms with Gasteiger partial charge >= 0.3 is 0 Å². The van der Waals surface area contributed by atoms with E-state index < -0.39 is 0 Å². The van der Waals surface area contributed by atoms with Crippen molar-refractivity contribution >= 4 is 44.9 Å². The number of hydrogen-bond acceptors (Lipinski definition) is 7. The number of morpholine rings is 1. The molecule has 2 aromatic heterocycles. The van der Waals surface area contributed by atoms with Gasteiger partial charge in [-0.2, -0.15) is 0 Å². The molecule has 5 rings (SSSR count). The van der Waals surface area contributed by atoms with Crippen LogP contribution in [0.25, 0.3) is 10.2 Å². The molecule has 1 amide bonds. The summed E-state index contributed by atoms with van der Waals surface area (Å²) in [5.74, 6) is 1.38. The predicted octanol–water partition coefficient (Wildman–Crippen LogP) is 3.57. The van der Waals surface area contributed by atoms with Crippen molar-refractivity contribution in [3.63, 3.8) is 0 Å². The molecule has 3 aromatic rings. The molecule has 1 saturated heterocycles. The lowest BCUT2D eigenvalue weighted by atomic mass is 9.97. The average Bonchev–Trinajstić information content (AvgIpc) is 3.20. The average molecular weight is 485 g/mol. The molecule has 0 spiro atoms. The number of para-hydroxylation sites is 1. The maximum absolute atomic E-state index is 12.7. The number of aromatic amines is 1. The van der Waals surface area contributed by atoms with Crippen LogP contribution in [0.15, 0.2) is 29.1 Å². The van der Waals surface area contributed by atoms with Crippen molar-refractivity contribution < 1.29 is 9.53 Å². The maximum atomic E-state index is 12.7. The number of carbonyl (C=O) groups excluding carboxylic acids is 1. The molecule has 1 fully saturated rings. The maximum Gasteiger partial charge on any atom is 0.259 e. The Hall–Kier alpha value is -2.20. The van der Waals surface area contributed by atoms with Crippen LogP contribution < -0.4 is 10.9 Å². The van der Waals surface area contributed by atoms with Crippen molar-refractivity contribution in [2.45, 2.75) is 38.0 Å². The first-order valence-electron chi connectivity index (χ1n) is 11.5. The Morgan fingerprint density at radius 1 is 1.21 bits per heavy atom. The molecular weight excluding hydrogens is 456 g/mol. The van der Waals surface area contributed by atoms with Gasteiger partial charge in [0.15, 0.2) is 0 Å². The fourth-order valence-corrected chi connectivity index (χ4v) is 6.45. The zero-order valence-corrected chi connectivity index (χ0v) is 20.2. The second-order valence-corrected chi connectivity index (χ2v) is 10.6. The minimum atomic E-state index is -0.0514. The fourth-order valence-electron chi connectivity index (χ4n) is 4.48. The number of fused-ring (bicyclic) bond motifs is 3. The summed E-state index contributed by atoms with van der Waals surface area (Å²) in [5.41, 5.74) is 3.11. The Labute approximate surface area is 200 Å². The lowest BCUT2D eigenvalue weighted by Crippen LogP contribution is -2.35. The number of carbonyl (C=O) groups is 1. The number of thioether (sulfide) groups is 1. The van der Waals surface area contributed by atoms with Crippen molar-refractivity contribution in [1.82, 2.24) is 14.9 Å². The number of thiophene rings is 1. The highest BCUT2D eigenvalue weighted by Crippen LogP contribution is 2.33. The largest absolute Gasteiger partial charge is 0.379 e. The highest BCUT2D eigenvalue weighted by Gasteiger charge is 2.20. The zero-order chi connectivity index (χ0) is 22.6. The van der Waals surface area contributed by atoms with Crippen molar-refractivity contribution in [2.75, 3.05) is 37.4 Å². The van der Waals surface area contributed by atoms with Gasteiger partial charge in [0.05, 0.1) is 30.1 Å². The summed E-state index contributed by atoms with van der Waals surface area (Å²) in [7, 11) is 0. The molecule has 33 heavy (non-hydrogen) atoms. The van der Waals surface area contributed by atoms with Crippen LogP contribution in [-0.2, 0) is 34.7 Å². The van der Waals surface area contributed by atoms with E-state index in [-0.39, 0.29) is 11.5 Å². The SMILES string of the molecule is O=C(CSCc1nc2sc3c(c2c(=O)[nH]1)CCCC3)Nc1ccccc1CN1CCOCC1. The normalized spacial score (nSPS) is 16.6. The molecule has 2 aliphatic rings. The third kappa shape index (κ3) is 5.32. The molecule has 0 bridgehead atoms. The summed E-state index contributed by atoms with van der Waals surface area (Å²) in [6.07, 6.45) is 4.35. The Balaban J connectivity index is 1.18. The van der Waals surface area contributed by atoms with Gasteiger partial charge < -0.3 is 15.0 Å². The minimum absolute atomic E-state index is 0.0449. The Morgan fingerprint density at radius 2 is 2.03 bits per heavy atom. The molecule has 1 aliphatic carbocycles. The fraction of sp³-hybridized carbons (Fsp3) is 0.458. The van der Waals surface area contributed by atoms with E-state index >= 15 is 0 Å². The van der Waals surface area contributed by atoms with Gasteiger partial charge in [0.25, 0.3) is 5.56 Å². The second-order valence-electron chi connectivity index (χ2n) is 8.49. The number of rotatable bonds is 7. The van der Waals surface area contributed by atoms with Gasteiger partial charge in [-0.15, -0.1) is 23.1 Å².